The van der Waals surface area contributed by atoms with Gasteiger partial charge in [0.25, 0.3) is 0 Å². The van der Waals surface area contributed by atoms with Crippen molar-refractivity contribution in [2.45, 2.75) is 19.0 Å². The van der Waals surface area contributed by atoms with E-state index in [1.54, 1.807) is 6.07 Å². The molecule has 0 aliphatic heterocycles. The molecule has 0 saturated carbocycles. The number of aromatic hydroxyl groups is 1. The van der Waals surface area contributed by atoms with Gasteiger partial charge in [0.1, 0.15) is 11.5 Å². The molecule has 0 unspecified atom stereocenters. The molecule has 0 bridgehead atoms. The summed E-state index contributed by atoms with van der Waals surface area (Å²) < 4.78 is 61.1. The number of halogens is 5. The maximum Gasteiger partial charge on any atom is 0.417 e. The minimum Gasteiger partial charge on any atom is -0.506 e. The van der Waals surface area contributed by atoms with Gasteiger partial charge in [0.2, 0.25) is 5.88 Å². The number of alkyl halides is 3. The van der Waals surface area contributed by atoms with Gasteiger partial charge in [-0.15, -0.1) is 0 Å². The smallest absolute Gasteiger partial charge is 0.417 e. The Kier molecular flexibility index (Phi) is 6.30. The number of benzene rings is 1. The van der Waals surface area contributed by atoms with Crippen molar-refractivity contribution < 1.29 is 32.1 Å². The van der Waals surface area contributed by atoms with Gasteiger partial charge in [0, 0.05) is 12.3 Å². The van der Waals surface area contributed by atoms with Crippen LogP contribution in [-0.2, 0) is 6.18 Å². The number of ether oxygens (including phenoxy) is 2. The van der Waals surface area contributed by atoms with Crippen LogP contribution in [-0.4, -0.2) is 23.3 Å². The molecular weight excluding hydrogens is 366 g/mol. The van der Waals surface area contributed by atoms with E-state index in [1.165, 1.54) is 12.1 Å². The molecule has 0 radical (unpaired) electrons. The number of phenolic OH excluding ortho intramolecular Hbond substituents is 1. The first-order valence-corrected chi connectivity index (χ1v) is 7.62. The molecular formula is C16H14ClF4NO3. The molecule has 1 aromatic heterocycles. The average Bonchev–Trinajstić information content (AvgIpc) is 2.54. The molecule has 9 heteroatoms. The maximum atomic E-state index is 13.5. The van der Waals surface area contributed by atoms with Crippen LogP contribution in [0.3, 0.4) is 0 Å². The summed E-state index contributed by atoms with van der Waals surface area (Å²) >= 11 is 5.74. The van der Waals surface area contributed by atoms with Crippen molar-refractivity contribution in [1.82, 2.24) is 4.98 Å². The van der Waals surface area contributed by atoms with Crippen LogP contribution < -0.4 is 9.47 Å². The van der Waals surface area contributed by atoms with Gasteiger partial charge in [-0.05, 0) is 31.0 Å². The van der Waals surface area contributed by atoms with Crippen LogP contribution in [0, 0.1) is 5.82 Å². The van der Waals surface area contributed by atoms with Crippen molar-refractivity contribution in [3.05, 3.63) is 46.9 Å². The molecule has 2 aromatic rings. The van der Waals surface area contributed by atoms with Crippen LogP contribution in [0.4, 0.5) is 17.6 Å². The average molecular weight is 380 g/mol. The van der Waals surface area contributed by atoms with Crippen molar-refractivity contribution in [3.8, 4) is 17.4 Å². The lowest BCUT2D eigenvalue weighted by Gasteiger charge is -2.10. The number of nitrogens with zero attached hydrogens (tertiary/aromatic N) is 1. The van der Waals surface area contributed by atoms with Gasteiger partial charge in [-0.3, -0.25) is 0 Å². The number of phenols is 1. The van der Waals surface area contributed by atoms with Gasteiger partial charge in [0.15, 0.2) is 5.82 Å². The van der Waals surface area contributed by atoms with Crippen LogP contribution in [0.2, 0.25) is 5.02 Å². The van der Waals surface area contributed by atoms with Gasteiger partial charge in [-0.25, -0.2) is 9.37 Å². The highest BCUT2D eigenvalue weighted by Gasteiger charge is 2.32. The molecule has 25 heavy (non-hydrogen) atoms. The summed E-state index contributed by atoms with van der Waals surface area (Å²) in [6.45, 7) is 0.405. The third kappa shape index (κ3) is 5.67. The quantitative estimate of drug-likeness (QED) is 0.552. The van der Waals surface area contributed by atoms with Crippen molar-refractivity contribution in [2.75, 3.05) is 13.2 Å². The van der Waals surface area contributed by atoms with Gasteiger partial charge in [0.05, 0.1) is 23.8 Å². The monoisotopic (exact) mass is 379 g/mol. The zero-order valence-corrected chi connectivity index (χ0v) is 13.6. The summed E-state index contributed by atoms with van der Waals surface area (Å²) in [6, 6.07) is 4.77. The van der Waals surface area contributed by atoms with E-state index in [-0.39, 0.29) is 17.4 Å². The van der Waals surface area contributed by atoms with E-state index in [1.807, 2.05) is 0 Å². The van der Waals surface area contributed by atoms with Crippen molar-refractivity contribution in [3.63, 3.8) is 0 Å². The molecule has 136 valence electrons. The molecule has 1 heterocycles. The Balaban J connectivity index is 1.71. The van der Waals surface area contributed by atoms with E-state index in [2.05, 4.69) is 4.98 Å². The van der Waals surface area contributed by atoms with Gasteiger partial charge in [-0.2, -0.15) is 13.2 Å². The topological polar surface area (TPSA) is 51.6 Å². The minimum atomic E-state index is -4.65. The van der Waals surface area contributed by atoms with E-state index in [4.69, 9.17) is 21.1 Å². The van der Waals surface area contributed by atoms with Crippen molar-refractivity contribution in [1.29, 1.82) is 0 Å². The van der Waals surface area contributed by atoms with Crippen LogP contribution in [0.1, 0.15) is 18.4 Å². The molecule has 2 rings (SSSR count). The second-order valence-corrected chi connectivity index (χ2v) is 5.43. The molecule has 4 nitrogen and oxygen atoms in total. The molecule has 0 aliphatic rings. The lowest BCUT2D eigenvalue weighted by atomic mass is 10.3. The predicted molar refractivity (Wildman–Crippen MR) is 82.5 cm³/mol. The number of aromatic nitrogens is 1. The minimum absolute atomic E-state index is 0.0477. The lowest BCUT2D eigenvalue weighted by molar-refractivity contribution is -0.138. The Labute approximate surface area is 146 Å². The van der Waals surface area contributed by atoms with Crippen LogP contribution in [0.5, 0.6) is 17.4 Å². The highest BCUT2D eigenvalue weighted by atomic mass is 35.5. The van der Waals surface area contributed by atoms with E-state index in [0.717, 1.165) is 0 Å². The van der Waals surface area contributed by atoms with E-state index in [0.29, 0.717) is 37.5 Å². The normalized spacial score (nSPS) is 11.4. The maximum absolute atomic E-state index is 13.5. The SMILES string of the molecule is Oc1ccc(OCCCCOc2ncc(C(F)(F)F)cc2F)cc1Cl. The third-order valence-corrected chi connectivity index (χ3v) is 3.40. The fourth-order valence-electron chi connectivity index (χ4n) is 1.83. The summed E-state index contributed by atoms with van der Waals surface area (Å²) in [5.41, 5.74) is -1.17. The number of hydrogen-bond acceptors (Lipinski definition) is 4. The highest BCUT2D eigenvalue weighted by Crippen LogP contribution is 2.30. The van der Waals surface area contributed by atoms with E-state index >= 15 is 0 Å². The summed E-state index contributed by atoms with van der Waals surface area (Å²) in [5, 5.41) is 9.45. The Morgan fingerprint density at radius 3 is 2.36 bits per heavy atom. The molecule has 0 amide bonds. The highest BCUT2D eigenvalue weighted by molar-refractivity contribution is 6.32. The fourth-order valence-corrected chi connectivity index (χ4v) is 2.00. The van der Waals surface area contributed by atoms with Gasteiger partial charge in [-0.1, -0.05) is 11.6 Å². The predicted octanol–water partition coefficient (Wildman–Crippen LogP) is 4.84. The Morgan fingerprint density at radius 2 is 1.76 bits per heavy atom. The Bertz CT molecular complexity index is 725. The molecule has 0 atom stereocenters. The molecule has 0 aliphatic carbocycles. The van der Waals surface area contributed by atoms with Crippen LogP contribution in [0.25, 0.3) is 0 Å². The largest absolute Gasteiger partial charge is 0.506 e. The zero-order valence-electron chi connectivity index (χ0n) is 12.8. The van der Waals surface area contributed by atoms with Crippen molar-refractivity contribution >= 4 is 11.6 Å². The van der Waals surface area contributed by atoms with Crippen LogP contribution in [0.15, 0.2) is 30.5 Å². The summed E-state index contributed by atoms with van der Waals surface area (Å²) in [6.07, 6.45) is -3.09. The second kappa shape index (κ2) is 8.24. The summed E-state index contributed by atoms with van der Waals surface area (Å²) in [5.74, 6) is -1.20. The molecule has 1 aromatic carbocycles. The van der Waals surface area contributed by atoms with Gasteiger partial charge >= 0.3 is 6.18 Å². The summed E-state index contributed by atoms with van der Waals surface area (Å²) in [4.78, 5) is 3.34. The number of unbranched alkanes of at least 4 members (excludes halogenated alkanes) is 1. The first-order valence-electron chi connectivity index (χ1n) is 7.24. The van der Waals surface area contributed by atoms with Crippen LogP contribution >= 0.6 is 11.6 Å². The first kappa shape index (κ1) is 19.1. The van der Waals surface area contributed by atoms with E-state index < -0.39 is 23.4 Å². The fraction of sp³-hybridized carbons (Fsp3) is 0.312. The number of hydrogen-bond donors (Lipinski definition) is 1. The van der Waals surface area contributed by atoms with E-state index in [9.17, 15) is 22.7 Å². The standard InChI is InChI=1S/C16H14ClF4NO3/c17-12-8-11(3-4-14(12)23)24-5-1-2-6-25-15-13(18)7-10(9-22-15)16(19,20)21/h3-4,7-9,23H,1-2,5-6H2. The second-order valence-electron chi connectivity index (χ2n) is 5.03. The Hall–Kier alpha value is -2.22. The summed E-state index contributed by atoms with van der Waals surface area (Å²) in [7, 11) is 0. The molecule has 1 N–H and O–H groups in total. The molecule has 0 saturated heterocycles. The number of pyridine rings is 1. The Morgan fingerprint density at radius 1 is 1.08 bits per heavy atom. The molecule has 0 spiro atoms. The zero-order chi connectivity index (χ0) is 18.4. The molecule has 0 fully saturated rings. The first-order chi connectivity index (χ1) is 11.8. The third-order valence-electron chi connectivity index (χ3n) is 3.10. The van der Waals surface area contributed by atoms with Crippen molar-refractivity contribution in [2.24, 2.45) is 0 Å². The number of rotatable bonds is 7. The van der Waals surface area contributed by atoms with Gasteiger partial charge < -0.3 is 14.6 Å². The lowest BCUT2D eigenvalue weighted by Crippen LogP contribution is -2.09.